The third-order valence-corrected chi connectivity index (χ3v) is 7.16. The molecule has 1 heterocycles. The quantitative estimate of drug-likeness (QED) is 0.434. The van der Waals surface area contributed by atoms with Gasteiger partial charge in [-0.25, -0.2) is 4.39 Å². The lowest BCUT2D eigenvalue weighted by molar-refractivity contribution is -0.126. The zero-order chi connectivity index (χ0) is 24.8. The van der Waals surface area contributed by atoms with Gasteiger partial charge in [0, 0.05) is 23.0 Å². The molecule has 1 fully saturated rings. The van der Waals surface area contributed by atoms with Crippen LogP contribution < -0.4 is 14.8 Å². The van der Waals surface area contributed by atoms with Crippen LogP contribution in [0.1, 0.15) is 52.5 Å². The molecule has 1 N–H and O–H groups in total. The van der Waals surface area contributed by atoms with E-state index in [1.807, 2.05) is 17.5 Å². The zero-order valence-corrected chi connectivity index (χ0v) is 20.6. The maximum absolute atomic E-state index is 13.9. The van der Waals surface area contributed by atoms with Gasteiger partial charge in [-0.15, -0.1) is 11.3 Å². The second-order valence-corrected chi connectivity index (χ2v) is 9.52. The summed E-state index contributed by atoms with van der Waals surface area (Å²) >= 11 is 1.43. The monoisotopic (exact) mass is 496 g/mol. The van der Waals surface area contributed by atoms with Crippen LogP contribution in [0.4, 0.5) is 4.39 Å². The Kier molecular flexibility index (Phi) is 8.02. The predicted octanol–water partition coefficient (Wildman–Crippen LogP) is 5.35. The van der Waals surface area contributed by atoms with Crippen LogP contribution in [0.2, 0.25) is 0 Å². The lowest BCUT2D eigenvalue weighted by Crippen LogP contribution is -2.45. The predicted molar refractivity (Wildman–Crippen MR) is 133 cm³/mol. The molecule has 0 radical (unpaired) electrons. The van der Waals surface area contributed by atoms with Crippen LogP contribution in [0.15, 0.2) is 60.0 Å². The van der Waals surface area contributed by atoms with Crippen molar-refractivity contribution in [1.29, 1.82) is 0 Å². The van der Waals surface area contributed by atoms with Crippen LogP contribution in [-0.4, -0.2) is 37.0 Å². The van der Waals surface area contributed by atoms with Crippen LogP contribution in [0.5, 0.6) is 11.5 Å². The van der Waals surface area contributed by atoms with E-state index in [9.17, 15) is 14.0 Å². The summed E-state index contributed by atoms with van der Waals surface area (Å²) in [5.74, 6) is 0.0110. The average molecular weight is 497 g/mol. The summed E-state index contributed by atoms with van der Waals surface area (Å²) in [7, 11) is 3.03. The Morgan fingerprint density at radius 2 is 1.77 bits per heavy atom. The number of halogens is 1. The average Bonchev–Trinajstić information content (AvgIpc) is 3.59. The minimum Gasteiger partial charge on any atom is -0.493 e. The van der Waals surface area contributed by atoms with Gasteiger partial charge >= 0.3 is 0 Å². The highest BCUT2D eigenvalue weighted by Gasteiger charge is 2.34. The van der Waals surface area contributed by atoms with Crippen molar-refractivity contribution >= 4 is 23.2 Å². The first-order valence-electron chi connectivity index (χ1n) is 11.6. The highest BCUT2D eigenvalue weighted by Crippen LogP contribution is 2.33. The summed E-state index contributed by atoms with van der Waals surface area (Å²) in [5, 5.41) is 5.05. The van der Waals surface area contributed by atoms with E-state index in [1.54, 1.807) is 35.2 Å². The Balaban J connectivity index is 1.74. The molecule has 1 aromatic heterocycles. The Bertz CT molecular complexity index is 1140. The summed E-state index contributed by atoms with van der Waals surface area (Å²) in [6.07, 6.45) is 4.03. The summed E-state index contributed by atoms with van der Waals surface area (Å²) in [5.41, 5.74) is 1.08. The van der Waals surface area contributed by atoms with Crippen LogP contribution >= 0.6 is 11.3 Å². The third kappa shape index (κ3) is 5.82. The van der Waals surface area contributed by atoms with E-state index in [0.29, 0.717) is 17.1 Å². The van der Waals surface area contributed by atoms with Gasteiger partial charge in [0.15, 0.2) is 11.5 Å². The smallest absolute Gasteiger partial charge is 0.255 e. The number of nitrogens with zero attached hydrogens (tertiary/aromatic N) is 1. The van der Waals surface area contributed by atoms with Gasteiger partial charge in [0.1, 0.15) is 11.9 Å². The molecule has 2 amide bonds. The normalized spacial score (nSPS) is 14.4. The lowest BCUT2D eigenvalue weighted by Gasteiger charge is -2.32. The summed E-state index contributed by atoms with van der Waals surface area (Å²) in [6, 6.07) is 13.9. The van der Waals surface area contributed by atoms with E-state index < -0.39 is 6.04 Å². The summed E-state index contributed by atoms with van der Waals surface area (Å²) in [4.78, 5) is 29.9. The fraction of sp³-hybridized carbons (Fsp3) is 0.333. The van der Waals surface area contributed by atoms with Gasteiger partial charge in [-0.05, 0) is 60.2 Å². The molecule has 8 heteroatoms. The van der Waals surface area contributed by atoms with Gasteiger partial charge in [0.25, 0.3) is 5.91 Å². The molecule has 0 aliphatic heterocycles. The van der Waals surface area contributed by atoms with Gasteiger partial charge in [-0.3, -0.25) is 9.59 Å². The third-order valence-electron chi connectivity index (χ3n) is 6.23. The van der Waals surface area contributed by atoms with Crippen molar-refractivity contribution in [2.45, 2.75) is 44.3 Å². The van der Waals surface area contributed by atoms with E-state index in [-0.39, 0.29) is 30.2 Å². The zero-order valence-electron chi connectivity index (χ0n) is 19.8. The number of amides is 2. The maximum Gasteiger partial charge on any atom is 0.255 e. The summed E-state index contributed by atoms with van der Waals surface area (Å²) < 4.78 is 24.3. The van der Waals surface area contributed by atoms with Crippen LogP contribution in [0.3, 0.4) is 0 Å². The first-order valence-corrected chi connectivity index (χ1v) is 12.5. The van der Waals surface area contributed by atoms with Crippen molar-refractivity contribution in [2.24, 2.45) is 0 Å². The lowest BCUT2D eigenvalue weighted by atomic mass is 10.1. The number of methoxy groups -OCH3 is 2. The van der Waals surface area contributed by atoms with Crippen molar-refractivity contribution in [3.05, 3.63) is 81.8 Å². The van der Waals surface area contributed by atoms with Gasteiger partial charge in [0.2, 0.25) is 5.91 Å². The molecule has 0 unspecified atom stereocenters. The number of rotatable bonds is 9. The molecule has 0 saturated heterocycles. The number of hydrogen-bond donors (Lipinski definition) is 1. The molecule has 1 saturated carbocycles. The van der Waals surface area contributed by atoms with Gasteiger partial charge in [-0.2, -0.15) is 0 Å². The minimum atomic E-state index is -0.832. The molecule has 35 heavy (non-hydrogen) atoms. The van der Waals surface area contributed by atoms with Crippen molar-refractivity contribution in [3.63, 3.8) is 0 Å². The molecule has 6 nitrogen and oxygen atoms in total. The highest BCUT2D eigenvalue weighted by molar-refractivity contribution is 7.10. The van der Waals surface area contributed by atoms with Crippen LogP contribution in [0, 0.1) is 5.82 Å². The standard InChI is InChI=1S/C27H29FN2O4S/c1-33-22-14-11-19(16-23(22)34-2)27(32)30(17-18-9-12-20(28)13-10-18)25(24-8-5-15-35-24)26(31)29-21-6-3-4-7-21/h5,8-16,21,25H,3-4,6-7,17H2,1-2H3,(H,29,31)/t25-/m1/s1. The second kappa shape index (κ2) is 11.4. The Morgan fingerprint density at radius 3 is 2.40 bits per heavy atom. The Morgan fingerprint density at radius 1 is 1.06 bits per heavy atom. The van der Waals surface area contributed by atoms with Gasteiger partial charge in [-0.1, -0.05) is 31.0 Å². The number of hydrogen-bond acceptors (Lipinski definition) is 5. The van der Waals surface area contributed by atoms with E-state index in [0.717, 1.165) is 36.1 Å². The maximum atomic E-state index is 13.9. The fourth-order valence-electron chi connectivity index (χ4n) is 4.42. The molecule has 2 aromatic carbocycles. The Hall–Kier alpha value is -3.39. The minimum absolute atomic E-state index is 0.105. The van der Waals surface area contributed by atoms with Crippen molar-refractivity contribution < 1.29 is 23.5 Å². The van der Waals surface area contributed by atoms with Crippen LogP contribution in [-0.2, 0) is 11.3 Å². The number of ether oxygens (including phenoxy) is 2. The van der Waals surface area contributed by atoms with Gasteiger partial charge < -0.3 is 19.7 Å². The topological polar surface area (TPSA) is 67.9 Å². The van der Waals surface area contributed by atoms with Crippen molar-refractivity contribution in [2.75, 3.05) is 14.2 Å². The Labute approximate surface area is 208 Å². The number of carbonyl (C=O) groups is 2. The number of benzene rings is 2. The van der Waals surface area contributed by atoms with E-state index in [4.69, 9.17) is 9.47 Å². The number of carbonyl (C=O) groups excluding carboxylic acids is 2. The number of thiophene rings is 1. The van der Waals surface area contributed by atoms with Crippen molar-refractivity contribution in [3.8, 4) is 11.5 Å². The van der Waals surface area contributed by atoms with E-state index in [1.165, 1.54) is 37.7 Å². The van der Waals surface area contributed by atoms with E-state index >= 15 is 0 Å². The molecule has 1 atom stereocenters. The molecular formula is C27H29FN2O4S. The molecule has 1 aliphatic carbocycles. The first-order chi connectivity index (χ1) is 17.0. The molecule has 0 spiro atoms. The largest absolute Gasteiger partial charge is 0.493 e. The van der Waals surface area contributed by atoms with E-state index in [2.05, 4.69) is 5.32 Å². The molecule has 3 aromatic rings. The van der Waals surface area contributed by atoms with Crippen LogP contribution in [0.25, 0.3) is 0 Å². The van der Waals surface area contributed by atoms with Gasteiger partial charge in [0.05, 0.1) is 14.2 Å². The highest BCUT2D eigenvalue weighted by atomic mass is 32.1. The fourth-order valence-corrected chi connectivity index (χ4v) is 5.26. The molecule has 4 rings (SSSR count). The molecular weight excluding hydrogens is 467 g/mol. The van der Waals surface area contributed by atoms with Crippen molar-refractivity contribution in [1.82, 2.24) is 10.2 Å². The second-order valence-electron chi connectivity index (χ2n) is 8.54. The molecule has 0 bridgehead atoms. The molecule has 1 aliphatic rings. The first kappa shape index (κ1) is 24.7. The molecule has 184 valence electrons. The summed E-state index contributed by atoms with van der Waals surface area (Å²) in [6.45, 7) is 0.133. The number of nitrogens with one attached hydrogen (secondary N) is 1. The SMILES string of the molecule is COc1ccc(C(=O)N(Cc2ccc(F)cc2)[C@@H](C(=O)NC2CCCC2)c2cccs2)cc1OC.